The van der Waals surface area contributed by atoms with Gasteiger partial charge in [-0.25, -0.2) is 19.2 Å². The molecule has 8 saturated heterocycles. The Labute approximate surface area is 715 Å². The summed E-state index contributed by atoms with van der Waals surface area (Å²) in [5.74, 6) is 0.535. The van der Waals surface area contributed by atoms with Crippen LogP contribution in [-0.2, 0) is 97.9 Å². The lowest BCUT2D eigenvalue weighted by Crippen LogP contribution is -3.00. The number of carbonyl (C=O) groups excluding carboxylic acids is 8. The number of hydrogen-bond donors (Lipinski definition) is 2. The third-order valence-corrected chi connectivity index (χ3v) is 29.3. The fourth-order valence-corrected chi connectivity index (χ4v) is 23.8. The molecule has 17 atom stereocenters. The van der Waals surface area contributed by atoms with Crippen LogP contribution in [0.3, 0.4) is 0 Å². The molecule has 4 amide bonds. The number of rotatable bonds is 16. The van der Waals surface area contributed by atoms with Crippen LogP contribution < -0.4 is 44.4 Å². The number of amides is 4. The molecule has 1 unspecified atom stereocenters. The SMILES string of the molecule is C.C.CC[C@@H]1CN2CC[C@]3(C(=O)N(C)c4ccccc43)[C@@H]2C[C@@H]1/C(=C\OC)C(=O)OC.CC[C@@H]1CN2CC[C@]3(C(=O)Nc4ccccc43)[C@@H]2C[C@@H]1/C(=C\OC)C(=O)OC.CC[C@@H]1CN2CC[C@]3(C(=O)Nc4ccccc43)[C@@H]2C[C@@H]1/C(=C\OC)C(=O)OC.CC[C@@H]1C[N+]2(C)CC[C@]3(C(=O)N(C)c4ccccc43)[C@@H]2C[C@@H]1/C(=C\OC)C(=O)OC.[I-]. The molecule has 0 aromatic heterocycles. The third-order valence-electron chi connectivity index (χ3n) is 29.3. The molecule has 0 bridgehead atoms. The van der Waals surface area contributed by atoms with Gasteiger partial charge in [-0.3, -0.25) is 33.9 Å². The number of hydrogen-bond acceptors (Lipinski definition) is 19. The van der Waals surface area contributed by atoms with Crippen molar-refractivity contribution in [3.05, 3.63) is 167 Å². The number of nitrogens with zero attached hydrogens (tertiary/aromatic N) is 6. The minimum Gasteiger partial charge on any atom is -1.00 e. The highest BCUT2D eigenvalue weighted by molar-refractivity contribution is 6.11. The van der Waals surface area contributed by atoms with Gasteiger partial charge < -0.3 is 86.8 Å². The summed E-state index contributed by atoms with van der Waals surface area (Å²) in [7, 11) is 17.9. The van der Waals surface area contributed by atoms with E-state index >= 15 is 0 Å². The molecule has 4 aromatic rings. The van der Waals surface area contributed by atoms with Crippen LogP contribution in [0.4, 0.5) is 22.7 Å². The van der Waals surface area contributed by atoms with E-state index in [1.165, 1.54) is 47.2 Å². The fraction of sp³-hybridized carbons (Fsp3) is 0.570. The average molecular weight is 1740 g/mol. The van der Waals surface area contributed by atoms with Crippen LogP contribution in [0.1, 0.15) is 142 Å². The monoisotopic (exact) mass is 1740 g/mol. The van der Waals surface area contributed by atoms with E-state index in [4.69, 9.17) is 37.9 Å². The number of benzene rings is 4. The van der Waals surface area contributed by atoms with E-state index in [1.54, 1.807) is 34.7 Å². The van der Waals surface area contributed by atoms with Crippen LogP contribution >= 0.6 is 0 Å². The summed E-state index contributed by atoms with van der Waals surface area (Å²) in [6, 6.07) is 32.7. The van der Waals surface area contributed by atoms with E-state index in [-0.39, 0.29) is 134 Å². The van der Waals surface area contributed by atoms with Crippen LogP contribution in [0.5, 0.6) is 0 Å². The largest absolute Gasteiger partial charge is 1.00 e. The number of methoxy groups -OCH3 is 8. The molecule has 4 aromatic carbocycles. The molecule has 0 saturated carbocycles. The molecular formula is C93H127IN8O16. The van der Waals surface area contributed by atoms with Crippen molar-refractivity contribution in [2.45, 2.75) is 165 Å². The lowest BCUT2D eigenvalue weighted by molar-refractivity contribution is -0.932. The minimum absolute atomic E-state index is 0. The lowest BCUT2D eigenvalue weighted by Gasteiger charge is -2.49. The first-order chi connectivity index (χ1) is 55.4. The zero-order valence-corrected chi connectivity index (χ0v) is 72.4. The van der Waals surface area contributed by atoms with Crippen LogP contribution in [0, 0.1) is 47.3 Å². The first kappa shape index (κ1) is 91.7. The van der Waals surface area contributed by atoms with Crippen molar-refractivity contribution in [3.63, 3.8) is 0 Å². The topological polar surface area (TPSA) is 251 Å². The van der Waals surface area contributed by atoms with Crippen molar-refractivity contribution in [1.29, 1.82) is 0 Å². The Bertz CT molecular complexity index is 4370. The Morgan fingerprint density at radius 2 is 0.729 bits per heavy atom. The summed E-state index contributed by atoms with van der Waals surface area (Å²) >= 11 is 0. The minimum atomic E-state index is -0.540. The molecule has 118 heavy (non-hydrogen) atoms. The van der Waals surface area contributed by atoms with Gasteiger partial charge in [0.2, 0.25) is 23.6 Å². The molecule has 8 fully saturated rings. The van der Waals surface area contributed by atoms with Gasteiger partial charge in [-0.1, -0.05) is 135 Å². The van der Waals surface area contributed by atoms with Gasteiger partial charge in [-0.15, -0.1) is 0 Å². The Kier molecular flexibility index (Phi) is 29.2. The molecular weight excluding hydrogens is 1610 g/mol. The smallest absolute Gasteiger partial charge is 0.337 e. The summed E-state index contributed by atoms with van der Waals surface area (Å²) in [5, 5.41) is 6.19. The van der Waals surface area contributed by atoms with E-state index < -0.39 is 21.7 Å². The summed E-state index contributed by atoms with van der Waals surface area (Å²) in [6.07, 6.45) is 16.3. The zero-order chi connectivity index (χ0) is 82.2. The molecule has 25 heteroatoms. The lowest BCUT2D eigenvalue weighted by atomic mass is 9.66. The summed E-state index contributed by atoms with van der Waals surface area (Å²) in [5.41, 5.74) is 8.52. The molecule has 12 heterocycles. The molecule has 12 aliphatic heterocycles. The van der Waals surface area contributed by atoms with Gasteiger partial charge >= 0.3 is 23.9 Å². The van der Waals surface area contributed by atoms with Crippen molar-refractivity contribution in [3.8, 4) is 0 Å². The van der Waals surface area contributed by atoms with E-state index in [9.17, 15) is 38.4 Å². The summed E-state index contributed by atoms with van der Waals surface area (Å²) < 4.78 is 42.1. The molecule has 642 valence electrons. The average Bonchev–Trinajstić information content (AvgIpc) is 1.54. The molecule has 0 radical (unpaired) electrons. The van der Waals surface area contributed by atoms with Crippen molar-refractivity contribution in [2.75, 3.05) is 151 Å². The predicted molar refractivity (Wildman–Crippen MR) is 450 cm³/mol. The highest BCUT2D eigenvalue weighted by Crippen LogP contribution is 2.60. The summed E-state index contributed by atoms with van der Waals surface area (Å²) in [6.45, 7) is 15.9. The number of anilines is 4. The first-order valence-corrected chi connectivity index (χ1v) is 41.3. The van der Waals surface area contributed by atoms with Gasteiger partial charge in [0, 0.05) is 99.3 Å². The Hall–Kier alpha value is -8.63. The Balaban J connectivity index is 0.000000164. The normalized spacial score (nSPS) is 32.0. The van der Waals surface area contributed by atoms with Gasteiger partial charge in [-0.2, -0.15) is 0 Å². The maximum absolute atomic E-state index is 13.7. The second-order valence-electron chi connectivity index (χ2n) is 33.8. The number of halogens is 1. The maximum Gasteiger partial charge on any atom is 0.337 e. The molecule has 16 rings (SSSR count). The van der Waals surface area contributed by atoms with Crippen LogP contribution in [0.15, 0.2) is 144 Å². The Morgan fingerprint density at radius 3 is 1.08 bits per heavy atom. The van der Waals surface area contributed by atoms with Crippen LogP contribution in [0.25, 0.3) is 0 Å². The molecule has 0 aliphatic carbocycles. The van der Waals surface area contributed by atoms with Gasteiger partial charge in [0.1, 0.15) is 11.5 Å². The van der Waals surface area contributed by atoms with Gasteiger partial charge in [0.05, 0.1) is 141 Å². The van der Waals surface area contributed by atoms with Gasteiger partial charge in [0.25, 0.3) is 0 Å². The maximum atomic E-state index is 13.7. The van der Waals surface area contributed by atoms with E-state index in [2.05, 4.69) is 84.3 Å². The fourth-order valence-electron chi connectivity index (χ4n) is 23.8. The quantitative estimate of drug-likeness (QED) is 0.0265. The second-order valence-corrected chi connectivity index (χ2v) is 33.8. The number of nitrogens with one attached hydrogen (secondary N) is 2. The zero-order valence-electron chi connectivity index (χ0n) is 70.2. The number of likely N-dealkylation sites (N-methyl/N-ethyl adjacent to an activating group) is 3. The third kappa shape index (κ3) is 15.1. The van der Waals surface area contributed by atoms with E-state index in [1.807, 2.05) is 96.7 Å². The number of quaternary nitrogens is 1. The second kappa shape index (κ2) is 37.6. The molecule has 4 spiro atoms. The van der Waals surface area contributed by atoms with Gasteiger partial charge in [-0.05, 0) is 147 Å². The number of fused-ring (bicyclic) bond motifs is 16. The van der Waals surface area contributed by atoms with Crippen molar-refractivity contribution >= 4 is 70.3 Å². The number of ether oxygens (including phenoxy) is 8. The summed E-state index contributed by atoms with van der Waals surface area (Å²) in [4.78, 5) is 115. The van der Waals surface area contributed by atoms with Crippen molar-refractivity contribution in [2.24, 2.45) is 47.3 Å². The molecule has 24 nitrogen and oxygen atoms in total. The number of esters is 4. The van der Waals surface area contributed by atoms with Crippen molar-refractivity contribution in [1.82, 2.24) is 14.7 Å². The van der Waals surface area contributed by atoms with Gasteiger partial charge in [0.15, 0.2) is 0 Å². The van der Waals surface area contributed by atoms with E-state index in [0.29, 0.717) is 46.0 Å². The van der Waals surface area contributed by atoms with Crippen LogP contribution in [-0.4, -0.2) is 221 Å². The standard InChI is InChI=1S/C24H33N2O4.C23H30N2O4.2C22H28N2O4.2CH4.HI/c1-6-16-14-26(3)12-11-24(19-9-7-8-10-20(19)25(2)23(24)28)21(26)13-17(16)18(15-29-4)22(27)30-5;1-5-15-13-25-11-10-23(18-8-6-7-9-19(18)24(2)22(23)27)20(25)12-16(15)17(14-28-3)21(26)29-4;2*1-4-14-12-24-10-9-22(17-7-5-6-8-18(17)23-21(22)26)19(24)11-15(14)16(13-27-2)20(25)28-3;;;/h7-10,15-17,21H,6,11-14H2,1-5H3;6-9,14-16,20H,5,10-13H2,1-4H3;2*5-8,13-15,19H,4,9-12H2,1-3H3,(H,23,26);2*1H4;1H/q+1;;;;;;/p-1/b18-15+;17-14+;2*16-13+;;;/t16-,17+,21+,24-,26?;15-,16+,20+,23-;2*14-,15+,19+,22-;;;/m1111.../s1. The number of carbonyl (C=O) groups is 8. The number of para-hydroxylation sites is 4. The molecule has 2 N–H and O–H groups in total. The predicted octanol–water partition coefficient (Wildman–Crippen LogP) is 9.27. The highest BCUT2D eigenvalue weighted by Gasteiger charge is 2.69. The van der Waals surface area contributed by atoms with E-state index in [0.717, 1.165) is 179 Å². The van der Waals surface area contributed by atoms with Crippen LogP contribution in [0.2, 0.25) is 0 Å². The first-order valence-electron chi connectivity index (χ1n) is 41.3. The Morgan fingerprint density at radius 1 is 0.424 bits per heavy atom. The molecule has 12 aliphatic rings. The number of piperidine rings is 4. The highest BCUT2D eigenvalue weighted by atomic mass is 127. The van der Waals surface area contributed by atoms with Crippen molar-refractivity contribution < 1.29 is 105 Å².